The second-order valence-electron chi connectivity index (χ2n) is 7.49. The largest absolute Gasteiger partial charge is 0.396 e. The van der Waals surface area contributed by atoms with Crippen molar-refractivity contribution in [2.45, 2.75) is 57.7 Å². The average molecular weight is 381 g/mol. The Balaban J connectivity index is 1.70. The first-order chi connectivity index (χ1) is 13.7. The van der Waals surface area contributed by atoms with Crippen LogP contribution < -0.4 is 5.69 Å². The molecule has 2 heterocycles. The van der Waals surface area contributed by atoms with Gasteiger partial charge in [-0.3, -0.25) is 9.13 Å². The molecule has 2 N–H and O–H groups in total. The Hall–Kier alpha value is -2.67. The zero-order valence-electron chi connectivity index (χ0n) is 16.0. The number of hydrogen-bond acceptors (Lipinski definition) is 4. The van der Waals surface area contributed by atoms with Crippen LogP contribution >= 0.6 is 0 Å². The number of rotatable bonds is 9. The third kappa shape index (κ3) is 3.42. The standard InChI is InChI=1S/C21H27N5O2/c22-11-10-17-14-24(21(28)26(17)16-6-5-7-16)15-20-23-18-8-1-2-9-19(18)25(20)12-3-4-13-27/h1-2,8-9,11,14,16,22,27H,3-7,10,12-13,15H2. The summed E-state index contributed by atoms with van der Waals surface area (Å²) in [5.41, 5.74) is 2.89. The van der Waals surface area contributed by atoms with Crippen molar-refractivity contribution in [1.29, 1.82) is 5.41 Å². The van der Waals surface area contributed by atoms with E-state index in [0.29, 0.717) is 13.0 Å². The first kappa shape index (κ1) is 18.7. The quantitative estimate of drug-likeness (QED) is 0.441. The topological polar surface area (TPSA) is 88.8 Å². The molecular weight excluding hydrogens is 354 g/mol. The van der Waals surface area contributed by atoms with E-state index >= 15 is 0 Å². The lowest BCUT2D eigenvalue weighted by Gasteiger charge is -2.27. The monoisotopic (exact) mass is 381 g/mol. The minimum Gasteiger partial charge on any atom is -0.396 e. The summed E-state index contributed by atoms with van der Waals surface area (Å²) in [4.78, 5) is 17.8. The lowest BCUT2D eigenvalue weighted by Crippen LogP contribution is -2.32. The summed E-state index contributed by atoms with van der Waals surface area (Å²) in [6, 6.07) is 8.28. The molecule has 7 heteroatoms. The molecule has 1 fully saturated rings. The van der Waals surface area contributed by atoms with Crippen LogP contribution in [0, 0.1) is 5.41 Å². The van der Waals surface area contributed by atoms with Crippen LogP contribution in [-0.2, 0) is 19.5 Å². The van der Waals surface area contributed by atoms with Gasteiger partial charge in [-0.15, -0.1) is 0 Å². The number of aliphatic hydroxyl groups excluding tert-OH is 1. The van der Waals surface area contributed by atoms with Crippen molar-refractivity contribution in [3.05, 3.63) is 52.5 Å². The van der Waals surface area contributed by atoms with Crippen LogP contribution in [0.15, 0.2) is 35.3 Å². The first-order valence-electron chi connectivity index (χ1n) is 10.1. The normalized spacial score (nSPS) is 14.5. The molecule has 3 aromatic rings. The Morgan fingerprint density at radius 1 is 1.25 bits per heavy atom. The Kier molecular flexibility index (Phi) is 5.43. The molecule has 1 aliphatic carbocycles. The van der Waals surface area contributed by atoms with Gasteiger partial charge in [0.05, 0.1) is 17.6 Å². The highest BCUT2D eigenvalue weighted by atomic mass is 16.2. The fourth-order valence-electron chi connectivity index (χ4n) is 3.99. The van der Waals surface area contributed by atoms with E-state index in [1.165, 1.54) is 6.21 Å². The average Bonchev–Trinajstić information content (AvgIpc) is 3.14. The van der Waals surface area contributed by atoms with Gasteiger partial charge in [0.25, 0.3) is 0 Å². The number of benzene rings is 1. The van der Waals surface area contributed by atoms with E-state index in [2.05, 4.69) is 4.57 Å². The zero-order chi connectivity index (χ0) is 19.5. The van der Waals surface area contributed by atoms with Crippen molar-refractivity contribution in [2.75, 3.05) is 6.61 Å². The van der Waals surface area contributed by atoms with Crippen molar-refractivity contribution in [1.82, 2.24) is 18.7 Å². The highest BCUT2D eigenvalue weighted by Crippen LogP contribution is 2.31. The summed E-state index contributed by atoms with van der Waals surface area (Å²) < 4.78 is 5.78. The first-order valence-corrected chi connectivity index (χ1v) is 10.1. The molecule has 28 heavy (non-hydrogen) atoms. The highest BCUT2D eigenvalue weighted by Gasteiger charge is 2.25. The van der Waals surface area contributed by atoms with Crippen LogP contribution in [0.4, 0.5) is 0 Å². The number of para-hydroxylation sites is 2. The third-order valence-electron chi connectivity index (χ3n) is 5.65. The number of aryl methyl sites for hydroxylation is 1. The summed E-state index contributed by atoms with van der Waals surface area (Å²) >= 11 is 0. The summed E-state index contributed by atoms with van der Waals surface area (Å²) in [6.07, 6.45) is 8.57. The van der Waals surface area contributed by atoms with Crippen LogP contribution in [0.3, 0.4) is 0 Å². The van der Waals surface area contributed by atoms with Gasteiger partial charge in [0.2, 0.25) is 0 Å². The molecule has 1 aliphatic rings. The van der Waals surface area contributed by atoms with Gasteiger partial charge in [-0.05, 0) is 44.2 Å². The molecule has 0 bridgehead atoms. The fraction of sp³-hybridized carbons (Fsp3) is 0.476. The predicted molar refractivity (Wildman–Crippen MR) is 109 cm³/mol. The smallest absolute Gasteiger partial charge is 0.329 e. The summed E-state index contributed by atoms with van der Waals surface area (Å²) in [7, 11) is 0. The number of nitrogens with zero attached hydrogens (tertiary/aromatic N) is 4. The Labute approximate surface area is 163 Å². The SMILES string of the molecule is N=CCc1cn(Cc2nc3ccccc3n2CCCCO)c(=O)n1C1CCC1. The molecule has 0 spiro atoms. The number of fused-ring (bicyclic) bond motifs is 1. The lowest BCUT2D eigenvalue weighted by atomic mass is 9.92. The predicted octanol–water partition coefficient (Wildman–Crippen LogP) is 2.74. The molecule has 1 aromatic carbocycles. The van der Waals surface area contributed by atoms with Crippen LogP contribution in [0.1, 0.15) is 49.7 Å². The van der Waals surface area contributed by atoms with Crippen molar-refractivity contribution in [3.63, 3.8) is 0 Å². The van der Waals surface area contributed by atoms with Gasteiger partial charge in [-0.25, -0.2) is 9.78 Å². The molecule has 0 unspecified atom stereocenters. The Morgan fingerprint density at radius 3 is 2.79 bits per heavy atom. The lowest BCUT2D eigenvalue weighted by molar-refractivity contribution is 0.281. The second-order valence-corrected chi connectivity index (χ2v) is 7.49. The van der Waals surface area contributed by atoms with Gasteiger partial charge >= 0.3 is 5.69 Å². The molecule has 0 saturated heterocycles. The molecule has 7 nitrogen and oxygen atoms in total. The minimum atomic E-state index is -0.00415. The third-order valence-corrected chi connectivity index (χ3v) is 5.65. The van der Waals surface area contributed by atoms with E-state index in [4.69, 9.17) is 15.5 Å². The molecule has 2 aromatic heterocycles. The Morgan fingerprint density at radius 2 is 2.07 bits per heavy atom. The molecule has 0 radical (unpaired) electrons. The maximum atomic E-state index is 13.1. The van der Waals surface area contributed by atoms with Gasteiger partial charge in [0.15, 0.2) is 0 Å². The number of imidazole rings is 2. The summed E-state index contributed by atoms with van der Waals surface area (Å²) in [5, 5.41) is 16.6. The van der Waals surface area contributed by atoms with Gasteiger partial charge in [0, 0.05) is 43.7 Å². The van der Waals surface area contributed by atoms with Gasteiger partial charge in [-0.2, -0.15) is 0 Å². The van der Waals surface area contributed by atoms with Crippen LogP contribution in [0.5, 0.6) is 0 Å². The minimum absolute atomic E-state index is 0.00415. The van der Waals surface area contributed by atoms with E-state index in [0.717, 1.165) is 61.2 Å². The molecule has 4 rings (SSSR count). The number of aromatic nitrogens is 4. The molecule has 0 aliphatic heterocycles. The number of hydrogen-bond donors (Lipinski definition) is 2. The summed E-state index contributed by atoms with van der Waals surface area (Å²) in [6.45, 7) is 1.36. The number of aliphatic hydroxyl groups is 1. The van der Waals surface area contributed by atoms with E-state index in [1.807, 2.05) is 35.0 Å². The number of nitrogens with one attached hydrogen (secondary N) is 1. The van der Waals surface area contributed by atoms with Crippen molar-refractivity contribution in [3.8, 4) is 0 Å². The number of unbranched alkanes of at least 4 members (excludes halogenated alkanes) is 1. The van der Waals surface area contributed by atoms with E-state index in [-0.39, 0.29) is 18.3 Å². The van der Waals surface area contributed by atoms with Gasteiger partial charge in [0.1, 0.15) is 5.82 Å². The second kappa shape index (κ2) is 8.14. The van der Waals surface area contributed by atoms with Crippen molar-refractivity contribution in [2.24, 2.45) is 0 Å². The molecule has 0 atom stereocenters. The molecular formula is C21H27N5O2. The van der Waals surface area contributed by atoms with Crippen LogP contribution in [0.2, 0.25) is 0 Å². The molecule has 1 saturated carbocycles. The van der Waals surface area contributed by atoms with Crippen molar-refractivity contribution < 1.29 is 5.11 Å². The molecule has 0 amide bonds. The van der Waals surface area contributed by atoms with E-state index in [1.54, 1.807) is 4.57 Å². The van der Waals surface area contributed by atoms with Crippen molar-refractivity contribution >= 4 is 17.2 Å². The maximum Gasteiger partial charge on any atom is 0.329 e. The molecule has 148 valence electrons. The van der Waals surface area contributed by atoms with Crippen LogP contribution in [-0.4, -0.2) is 36.6 Å². The summed E-state index contributed by atoms with van der Waals surface area (Å²) in [5.74, 6) is 0.855. The highest BCUT2D eigenvalue weighted by molar-refractivity contribution is 5.75. The van der Waals surface area contributed by atoms with Crippen LogP contribution in [0.25, 0.3) is 11.0 Å². The van der Waals surface area contributed by atoms with E-state index < -0.39 is 0 Å². The zero-order valence-corrected chi connectivity index (χ0v) is 16.0. The van der Waals surface area contributed by atoms with Gasteiger partial charge < -0.3 is 15.1 Å². The van der Waals surface area contributed by atoms with Gasteiger partial charge in [-0.1, -0.05) is 12.1 Å². The Bertz CT molecular complexity index is 1030. The fourth-order valence-corrected chi connectivity index (χ4v) is 3.99. The maximum absolute atomic E-state index is 13.1. The van der Waals surface area contributed by atoms with E-state index in [9.17, 15) is 4.79 Å².